The molecule has 0 radical (unpaired) electrons. The first-order valence-electron chi connectivity index (χ1n) is 13.1. The molecule has 3 aromatic carbocycles. The van der Waals surface area contributed by atoms with Crippen LogP contribution in [0.5, 0.6) is 0 Å². The van der Waals surface area contributed by atoms with Crippen molar-refractivity contribution in [2.75, 3.05) is 20.3 Å². The van der Waals surface area contributed by atoms with E-state index in [1.807, 2.05) is 67.6 Å². The van der Waals surface area contributed by atoms with Gasteiger partial charge in [0.05, 0.1) is 11.5 Å². The highest BCUT2D eigenvalue weighted by molar-refractivity contribution is 7.86. The minimum absolute atomic E-state index is 0.0301. The van der Waals surface area contributed by atoms with Gasteiger partial charge in [-0.05, 0) is 34.5 Å². The van der Waals surface area contributed by atoms with Gasteiger partial charge >= 0.3 is 0 Å². The third-order valence-electron chi connectivity index (χ3n) is 7.44. The second kappa shape index (κ2) is 11.8. The third-order valence-corrected chi connectivity index (χ3v) is 13.7. The van der Waals surface area contributed by atoms with Gasteiger partial charge in [-0.2, -0.15) is 8.42 Å². The molecule has 0 aromatic heterocycles. The Morgan fingerprint density at radius 3 is 1.85 bits per heavy atom. The molecular formula is C30H38O8SSi. The Balaban J connectivity index is 1.76. The second-order valence-corrected chi connectivity index (χ2v) is 17.1. The summed E-state index contributed by atoms with van der Waals surface area (Å²) >= 11 is 0. The second-order valence-electron chi connectivity index (χ2n) is 11.2. The fourth-order valence-corrected chi connectivity index (χ4v) is 10.8. The summed E-state index contributed by atoms with van der Waals surface area (Å²) in [7, 11) is -5.99. The maximum atomic E-state index is 13.1. The highest BCUT2D eigenvalue weighted by atomic mass is 32.2. The lowest BCUT2D eigenvalue weighted by Crippen LogP contribution is -2.68. The predicted molar refractivity (Wildman–Crippen MR) is 155 cm³/mol. The van der Waals surface area contributed by atoms with Crippen LogP contribution in [0.15, 0.2) is 89.8 Å². The third kappa shape index (κ3) is 5.81. The molecule has 10 heteroatoms. The average molecular weight is 587 g/mol. The van der Waals surface area contributed by atoms with Crippen LogP contribution in [0, 0.1) is 6.92 Å². The minimum Gasteiger partial charge on any atom is -0.404 e. The van der Waals surface area contributed by atoms with Crippen LogP contribution >= 0.6 is 0 Å². The van der Waals surface area contributed by atoms with Gasteiger partial charge in [-0.3, -0.25) is 4.18 Å². The molecule has 4 rings (SSSR count). The summed E-state index contributed by atoms with van der Waals surface area (Å²) in [5, 5.41) is 23.6. The zero-order valence-electron chi connectivity index (χ0n) is 23.5. The van der Waals surface area contributed by atoms with E-state index in [1.54, 1.807) is 12.1 Å². The van der Waals surface area contributed by atoms with Crippen LogP contribution in [0.25, 0.3) is 0 Å². The number of hydrogen-bond acceptors (Lipinski definition) is 8. The zero-order chi connectivity index (χ0) is 29.2. The van der Waals surface area contributed by atoms with Crippen LogP contribution in [-0.4, -0.2) is 71.4 Å². The van der Waals surface area contributed by atoms with Crippen molar-refractivity contribution in [2.24, 2.45) is 0 Å². The number of hydrogen-bond donors (Lipinski definition) is 2. The maximum absolute atomic E-state index is 13.1. The van der Waals surface area contributed by atoms with Gasteiger partial charge in [-0.1, -0.05) is 99.1 Å². The van der Waals surface area contributed by atoms with E-state index in [4.69, 9.17) is 18.1 Å². The highest BCUT2D eigenvalue weighted by Gasteiger charge is 2.58. The van der Waals surface area contributed by atoms with Crippen molar-refractivity contribution in [1.29, 1.82) is 0 Å². The molecule has 4 atom stereocenters. The first-order chi connectivity index (χ1) is 18.9. The fraction of sp³-hybridized carbons (Fsp3) is 0.400. The van der Waals surface area contributed by atoms with E-state index in [1.165, 1.54) is 19.2 Å². The summed E-state index contributed by atoms with van der Waals surface area (Å²) in [5.41, 5.74) is -0.847. The SMILES string of the molecule is COC1OC(CO[Si](c2ccccc2)(c2ccccc2)C(C)(C)C)(COS(=O)(=O)c2ccc(C)cc2)C(O)C1O. The maximum Gasteiger partial charge on any atom is 0.297 e. The van der Waals surface area contributed by atoms with E-state index in [-0.39, 0.29) is 11.5 Å². The summed E-state index contributed by atoms with van der Waals surface area (Å²) in [6, 6.07) is 26.0. The molecule has 1 fully saturated rings. The van der Waals surface area contributed by atoms with Gasteiger partial charge in [0, 0.05) is 7.11 Å². The lowest BCUT2D eigenvalue weighted by Gasteiger charge is -2.45. The number of aryl methyl sites for hydroxylation is 1. The summed E-state index contributed by atoms with van der Waals surface area (Å²) in [6.07, 6.45) is -4.20. The Morgan fingerprint density at radius 2 is 1.40 bits per heavy atom. The van der Waals surface area contributed by atoms with Crippen molar-refractivity contribution in [3.05, 3.63) is 90.5 Å². The monoisotopic (exact) mass is 586 g/mol. The molecule has 1 saturated heterocycles. The van der Waals surface area contributed by atoms with Crippen molar-refractivity contribution in [3.63, 3.8) is 0 Å². The van der Waals surface area contributed by atoms with E-state index < -0.39 is 54.2 Å². The molecule has 2 N–H and O–H groups in total. The standard InChI is InChI=1S/C30H38O8SSi/c1-22-16-18-23(19-17-22)39(33,34)36-20-30(27(32)26(31)28(35-5)38-30)21-37-40(29(2,3)4,24-12-8-6-9-13-24)25-14-10-7-11-15-25/h6-19,26-28,31-32H,20-21H2,1-5H3. The average Bonchev–Trinajstić information content (AvgIpc) is 3.18. The molecule has 4 unspecified atom stereocenters. The molecule has 1 aliphatic heterocycles. The van der Waals surface area contributed by atoms with Gasteiger partial charge < -0.3 is 24.1 Å². The summed E-state index contributed by atoms with van der Waals surface area (Å²) in [4.78, 5) is -0.0301. The zero-order valence-corrected chi connectivity index (χ0v) is 25.3. The predicted octanol–water partition coefficient (Wildman–Crippen LogP) is 2.74. The minimum atomic E-state index is -4.21. The number of aliphatic hydroxyl groups excluding tert-OH is 2. The number of benzene rings is 3. The van der Waals surface area contributed by atoms with Crippen LogP contribution in [0.3, 0.4) is 0 Å². The molecule has 0 aliphatic carbocycles. The lowest BCUT2D eigenvalue weighted by atomic mass is 9.97. The van der Waals surface area contributed by atoms with Crippen LogP contribution in [0.1, 0.15) is 26.3 Å². The normalized spacial score (nSPS) is 23.8. The Bertz CT molecular complexity index is 1320. The molecule has 0 amide bonds. The lowest BCUT2D eigenvalue weighted by molar-refractivity contribution is -0.194. The van der Waals surface area contributed by atoms with E-state index in [2.05, 4.69) is 20.8 Å². The molecular weight excluding hydrogens is 548 g/mol. The van der Waals surface area contributed by atoms with Crippen molar-refractivity contribution in [2.45, 2.75) is 61.7 Å². The Morgan fingerprint density at radius 1 is 0.875 bits per heavy atom. The summed E-state index contributed by atoms with van der Waals surface area (Å²) in [5.74, 6) is 0. The van der Waals surface area contributed by atoms with Crippen LogP contribution in [0.4, 0.5) is 0 Å². The van der Waals surface area contributed by atoms with Gasteiger partial charge in [0.15, 0.2) is 6.29 Å². The van der Waals surface area contributed by atoms with Gasteiger partial charge in [0.25, 0.3) is 18.4 Å². The number of aliphatic hydroxyl groups is 2. The molecule has 8 nitrogen and oxygen atoms in total. The number of methoxy groups -OCH3 is 1. The van der Waals surface area contributed by atoms with E-state index in [9.17, 15) is 18.6 Å². The largest absolute Gasteiger partial charge is 0.404 e. The van der Waals surface area contributed by atoms with Crippen LogP contribution in [0.2, 0.25) is 5.04 Å². The quantitative estimate of drug-likeness (QED) is 0.276. The molecule has 3 aromatic rings. The van der Waals surface area contributed by atoms with E-state index in [0.29, 0.717) is 0 Å². The Labute approximate surface area is 237 Å². The van der Waals surface area contributed by atoms with Crippen molar-refractivity contribution in [3.8, 4) is 0 Å². The Kier molecular flexibility index (Phi) is 9.03. The first-order valence-corrected chi connectivity index (χ1v) is 16.5. The van der Waals surface area contributed by atoms with Crippen LogP contribution in [-0.2, 0) is 28.2 Å². The molecule has 1 aliphatic rings. The highest BCUT2D eigenvalue weighted by Crippen LogP contribution is 2.40. The van der Waals surface area contributed by atoms with Crippen molar-refractivity contribution in [1.82, 2.24) is 0 Å². The Hall–Kier alpha value is -2.41. The van der Waals surface area contributed by atoms with Gasteiger partial charge in [-0.15, -0.1) is 0 Å². The van der Waals surface area contributed by atoms with Crippen molar-refractivity contribution >= 4 is 28.8 Å². The number of ether oxygens (including phenoxy) is 2. The summed E-state index contributed by atoms with van der Waals surface area (Å²) in [6.45, 7) is 7.29. The molecule has 0 bridgehead atoms. The molecule has 40 heavy (non-hydrogen) atoms. The van der Waals surface area contributed by atoms with E-state index in [0.717, 1.165) is 15.9 Å². The summed E-state index contributed by atoms with van der Waals surface area (Å²) < 4.78 is 49.9. The van der Waals surface area contributed by atoms with Crippen LogP contribution < -0.4 is 10.4 Å². The smallest absolute Gasteiger partial charge is 0.297 e. The molecule has 0 saturated carbocycles. The van der Waals surface area contributed by atoms with E-state index >= 15 is 0 Å². The topological polar surface area (TPSA) is 112 Å². The number of rotatable bonds is 10. The molecule has 1 heterocycles. The van der Waals surface area contributed by atoms with Gasteiger partial charge in [0.1, 0.15) is 24.4 Å². The van der Waals surface area contributed by atoms with Crippen molar-refractivity contribution < 1.29 is 36.7 Å². The fourth-order valence-electron chi connectivity index (χ4n) is 5.24. The van der Waals surface area contributed by atoms with Gasteiger partial charge in [0.2, 0.25) is 0 Å². The first kappa shape index (κ1) is 30.5. The van der Waals surface area contributed by atoms with Gasteiger partial charge in [-0.25, -0.2) is 0 Å². The molecule has 216 valence electrons. The molecule has 0 spiro atoms.